The average Bonchev–Trinajstić information content (AvgIpc) is 2.78. The van der Waals surface area contributed by atoms with Crippen LogP contribution in [0, 0.1) is 0 Å². The van der Waals surface area contributed by atoms with Gasteiger partial charge in [-0.1, -0.05) is 86.6 Å². The summed E-state index contributed by atoms with van der Waals surface area (Å²) >= 11 is 0. The molecule has 4 aromatic carbocycles. The fourth-order valence-electron chi connectivity index (χ4n) is 3.94. The lowest BCUT2D eigenvalue weighted by atomic mass is 9.77. The summed E-state index contributed by atoms with van der Waals surface area (Å²) in [6, 6.07) is 32.5. The topological polar surface area (TPSA) is 40.5 Å². The Balaban J connectivity index is 1.46. The molecule has 2 heteroatoms. The van der Waals surface area contributed by atoms with Crippen LogP contribution in [0.3, 0.4) is 0 Å². The summed E-state index contributed by atoms with van der Waals surface area (Å²) in [4.78, 5) is 0. The molecule has 0 saturated carbocycles. The Kier molecular flexibility index (Phi) is 5.81. The molecular weight excluding hydrogens is 380 g/mol. The first kappa shape index (κ1) is 20.7. The maximum Gasteiger partial charge on any atom is 0.115 e. The van der Waals surface area contributed by atoms with Crippen molar-refractivity contribution in [1.82, 2.24) is 0 Å². The van der Waals surface area contributed by atoms with Crippen LogP contribution in [0.1, 0.15) is 47.2 Å². The molecule has 0 aliphatic carbocycles. The molecule has 0 bridgehead atoms. The molecule has 0 heterocycles. The fourth-order valence-corrected chi connectivity index (χ4v) is 3.94. The van der Waals surface area contributed by atoms with Crippen LogP contribution in [0.15, 0.2) is 97.1 Å². The van der Waals surface area contributed by atoms with Crippen molar-refractivity contribution in [3.05, 3.63) is 130 Å². The SMILES string of the molecule is CC(C)(c1ccc(Cc2ccc(O)cc2)cc1)c1ccc(Cc2ccc(O)cc2)cc1. The fraction of sp³-hybridized carbons (Fsp3) is 0.172. The quantitative estimate of drug-likeness (QED) is 0.377. The lowest BCUT2D eigenvalue weighted by Crippen LogP contribution is -2.18. The predicted octanol–water partition coefficient (Wildman–Crippen LogP) is 6.61. The summed E-state index contributed by atoms with van der Waals surface area (Å²) in [5, 5.41) is 18.9. The van der Waals surface area contributed by atoms with Crippen molar-refractivity contribution in [3.63, 3.8) is 0 Å². The van der Waals surface area contributed by atoms with Gasteiger partial charge in [0.1, 0.15) is 11.5 Å². The molecule has 2 nitrogen and oxygen atoms in total. The second-order valence-electron chi connectivity index (χ2n) is 8.71. The summed E-state index contributed by atoms with van der Waals surface area (Å²) in [5.74, 6) is 0.602. The minimum absolute atomic E-state index is 0.0892. The molecule has 0 atom stereocenters. The Hall–Kier alpha value is -3.52. The largest absolute Gasteiger partial charge is 0.508 e. The van der Waals surface area contributed by atoms with E-state index < -0.39 is 0 Å². The Labute approximate surface area is 184 Å². The molecule has 0 unspecified atom stereocenters. The van der Waals surface area contributed by atoms with Crippen LogP contribution in [-0.4, -0.2) is 10.2 Å². The zero-order valence-corrected chi connectivity index (χ0v) is 18.0. The van der Waals surface area contributed by atoms with E-state index in [9.17, 15) is 10.2 Å². The number of hydrogen-bond donors (Lipinski definition) is 2. The van der Waals surface area contributed by atoms with Crippen molar-refractivity contribution in [1.29, 1.82) is 0 Å². The summed E-state index contributed by atoms with van der Waals surface area (Å²) < 4.78 is 0. The Bertz CT molecular complexity index is 1030. The summed E-state index contributed by atoms with van der Waals surface area (Å²) in [6.45, 7) is 4.52. The van der Waals surface area contributed by atoms with E-state index in [4.69, 9.17) is 0 Å². The second-order valence-corrected chi connectivity index (χ2v) is 8.71. The van der Waals surface area contributed by atoms with Crippen LogP contribution in [0.25, 0.3) is 0 Å². The second kappa shape index (κ2) is 8.69. The van der Waals surface area contributed by atoms with E-state index in [1.165, 1.54) is 33.4 Å². The zero-order chi connectivity index (χ0) is 21.8. The molecule has 0 radical (unpaired) electrons. The van der Waals surface area contributed by atoms with Crippen LogP contribution in [0.2, 0.25) is 0 Å². The van der Waals surface area contributed by atoms with Gasteiger partial charge in [-0.3, -0.25) is 0 Å². The summed E-state index contributed by atoms with van der Waals surface area (Å²) in [5.41, 5.74) is 7.38. The van der Waals surface area contributed by atoms with E-state index in [-0.39, 0.29) is 5.41 Å². The molecule has 0 aliphatic heterocycles. The molecule has 0 aliphatic rings. The third-order valence-corrected chi connectivity index (χ3v) is 6.04. The molecule has 0 fully saturated rings. The summed E-state index contributed by atoms with van der Waals surface area (Å²) in [6.07, 6.45) is 1.71. The van der Waals surface area contributed by atoms with E-state index in [2.05, 4.69) is 62.4 Å². The standard InChI is InChI=1S/C29H28O2/c1-29(2,25-11-3-21(4-12-25)19-23-7-15-27(30)16-8-23)26-13-5-22(6-14-26)20-24-9-17-28(31)18-10-24/h3-18,30-31H,19-20H2,1-2H3. The van der Waals surface area contributed by atoms with Crippen molar-refractivity contribution in [2.24, 2.45) is 0 Å². The lowest BCUT2D eigenvalue weighted by molar-refractivity contribution is 0.474. The van der Waals surface area contributed by atoms with E-state index in [1.807, 2.05) is 24.3 Å². The highest BCUT2D eigenvalue weighted by Crippen LogP contribution is 2.32. The van der Waals surface area contributed by atoms with Gasteiger partial charge in [0.15, 0.2) is 0 Å². The van der Waals surface area contributed by atoms with Gasteiger partial charge in [0.05, 0.1) is 0 Å². The first-order chi connectivity index (χ1) is 14.9. The Morgan fingerprint density at radius 3 is 1.00 bits per heavy atom. The minimum atomic E-state index is -0.0892. The molecule has 4 aromatic rings. The number of phenolic OH excluding ortho intramolecular Hbond substituents is 2. The smallest absolute Gasteiger partial charge is 0.115 e. The highest BCUT2D eigenvalue weighted by Gasteiger charge is 2.23. The lowest BCUT2D eigenvalue weighted by Gasteiger charge is -2.26. The normalized spacial score (nSPS) is 11.4. The minimum Gasteiger partial charge on any atom is -0.508 e. The van der Waals surface area contributed by atoms with Crippen molar-refractivity contribution < 1.29 is 10.2 Å². The molecule has 2 N–H and O–H groups in total. The molecular formula is C29H28O2. The molecule has 156 valence electrons. The van der Waals surface area contributed by atoms with Crippen LogP contribution in [0.5, 0.6) is 11.5 Å². The summed E-state index contributed by atoms with van der Waals surface area (Å²) in [7, 11) is 0. The number of aromatic hydroxyl groups is 2. The Morgan fingerprint density at radius 1 is 0.452 bits per heavy atom. The van der Waals surface area contributed by atoms with E-state index in [0.717, 1.165) is 12.8 Å². The third kappa shape index (κ3) is 4.97. The maximum atomic E-state index is 9.45. The van der Waals surface area contributed by atoms with Gasteiger partial charge in [-0.05, 0) is 70.5 Å². The number of phenols is 2. The van der Waals surface area contributed by atoms with E-state index in [1.54, 1.807) is 24.3 Å². The van der Waals surface area contributed by atoms with Crippen molar-refractivity contribution in [2.45, 2.75) is 32.1 Å². The van der Waals surface area contributed by atoms with Crippen LogP contribution in [-0.2, 0) is 18.3 Å². The van der Waals surface area contributed by atoms with Gasteiger partial charge in [0.2, 0.25) is 0 Å². The van der Waals surface area contributed by atoms with Crippen molar-refractivity contribution in [2.75, 3.05) is 0 Å². The van der Waals surface area contributed by atoms with Gasteiger partial charge in [-0.15, -0.1) is 0 Å². The predicted molar refractivity (Wildman–Crippen MR) is 127 cm³/mol. The van der Waals surface area contributed by atoms with Gasteiger partial charge in [-0.2, -0.15) is 0 Å². The molecule has 31 heavy (non-hydrogen) atoms. The van der Waals surface area contributed by atoms with E-state index >= 15 is 0 Å². The van der Waals surface area contributed by atoms with Crippen molar-refractivity contribution >= 4 is 0 Å². The highest BCUT2D eigenvalue weighted by atomic mass is 16.3. The van der Waals surface area contributed by atoms with Crippen LogP contribution >= 0.6 is 0 Å². The van der Waals surface area contributed by atoms with Gasteiger partial charge in [0.25, 0.3) is 0 Å². The van der Waals surface area contributed by atoms with Crippen molar-refractivity contribution in [3.8, 4) is 11.5 Å². The number of benzene rings is 4. The molecule has 0 saturated heterocycles. The highest BCUT2D eigenvalue weighted by molar-refractivity contribution is 5.41. The van der Waals surface area contributed by atoms with Gasteiger partial charge in [-0.25, -0.2) is 0 Å². The molecule has 0 spiro atoms. The van der Waals surface area contributed by atoms with Gasteiger partial charge in [0, 0.05) is 5.41 Å². The maximum absolute atomic E-state index is 9.45. The molecule has 0 amide bonds. The molecule has 4 rings (SSSR count). The van der Waals surface area contributed by atoms with Gasteiger partial charge < -0.3 is 10.2 Å². The number of rotatable bonds is 6. The first-order valence-corrected chi connectivity index (χ1v) is 10.6. The van der Waals surface area contributed by atoms with Crippen LogP contribution < -0.4 is 0 Å². The molecule has 0 aromatic heterocycles. The average molecular weight is 409 g/mol. The first-order valence-electron chi connectivity index (χ1n) is 10.6. The zero-order valence-electron chi connectivity index (χ0n) is 18.0. The Morgan fingerprint density at radius 2 is 0.710 bits per heavy atom. The van der Waals surface area contributed by atoms with Crippen LogP contribution in [0.4, 0.5) is 0 Å². The number of hydrogen-bond acceptors (Lipinski definition) is 2. The monoisotopic (exact) mass is 408 g/mol. The third-order valence-electron chi connectivity index (χ3n) is 6.04. The van der Waals surface area contributed by atoms with Gasteiger partial charge >= 0.3 is 0 Å². The van der Waals surface area contributed by atoms with E-state index in [0.29, 0.717) is 11.5 Å².